The Balaban J connectivity index is 2.38. The molecule has 0 aliphatic heterocycles. The van der Waals surface area contributed by atoms with Gasteiger partial charge in [-0.15, -0.1) is 0 Å². The maximum atomic E-state index is 10.8. The van der Waals surface area contributed by atoms with E-state index in [9.17, 15) is 14.9 Å². The first-order chi connectivity index (χ1) is 9.40. The van der Waals surface area contributed by atoms with Gasteiger partial charge in [0.15, 0.2) is 0 Å². The van der Waals surface area contributed by atoms with E-state index in [1.54, 1.807) is 14.0 Å². The highest BCUT2D eigenvalue weighted by Crippen LogP contribution is 2.31. The predicted molar refractivity (Wildman–Crippen MR) is 68.1 cm³/mol. The number of nitrogens with zero attached hydrogens (tertiary/aromatic N) is 3. The molecule has 8 nitrogen and oxygen atoms in total. The fourth-order valence-electron chi connectivity index (χ4n) is 1.65. The number of hydrogen-bond donors (Lipinski definition) is 1. The maximum Gasteiger partial charge on any atom is 0.427 e. The van der Waals surface area contributed by atoms with E-state index in [0.29, 0.717) is 11.3 Å². The highest BCUT2D eigenvalue weighted by molar-refractivity contribution is 5.88. The van der Waals surface area contributed by atoms with Crippen LogP contribution >= 0.6 is 0 Å². The van der Waals surface area contributed by atoms with Gasteiger partial charge in [0.25, 0.3) is 0 Å². The van der Waals surface area contributed by atoms with Crippen LogP contribution in [0.2, 0.25) is 0 Å². The van der Waals surface area contributed by atoms with Crippen LogP contribution in [0.1, 0.15) is 15.9 Å². The Bertz CT molecular complexity index is 692. The van der Waals surface area contributed by atoms with Crippen LogP contribution in [-0.2, 0) is 7.05 Å². The zero-order valence-electron chi connectivity index (χ0n) is 10.7. The van der Waals surface area contributed by atoms with Crippen LogP contribution in [-0.4, -0.2) is 25.6 Å². The minimum atomic E-state index is -1.05. The van der Waals surface area contributed by atoms with E-state index in [1.807, 2.05) is 0 Å². The first-order valence-corrected chi connectivity index (χ1v) is 5.57. The Kier molecular flexibility index (Phi) is 3.38. The monoisotopic (exact) mass is 277 g/mol. The third-order valence-corrected chi connectivity index (χ3v) is 2.67. The van der Waals surface area contributed by atoms with E-state index in [4.69, 9.17) is 9.84 Å². The summed E-state index contributed by atoms with van der Waals surface area (Å²) in [7, 11) is 1.57. The first kappa shape index (κ1) is 13.5. The summed E-state index contributed by atoms with van der Waals surface area (Å²) in [6.45, 7) is 1.66. The molecule has 0 fully saturated rings. The van der Waals surface area contributed by atoms with E-state index in [1.165, 1.54) is 29.1 Å². The van der Waals surface area contributed by atoms with Crippen molar-refractivity contribution in [2.75, 3.05) is 0 Å². The SMILES string of the molecule is Cc1cc(C(=O)O)ccc1Oc1c([N+](=O)[O-])ncn1C. The van der Waals surface area contributed by atoms with Gasteiger partial charge in [0.05, 0.1) is 5.56 Å². The number of carbonyl (C=O) groups is 1. The molecule has 0 saturated heterocycles. The number of aryl methyl sites for hydroxylation is 2. The van der Waals surface area contributed by atoms with Crippen LogP contribution in [0.3, 0.4) is 0 Å². The highest BCUT2D eigenvalue weighted by Gasteiger charge is 2.23. The standard InChI is InChI=1S/C12H11N3O5/c1-7-5-8(12(16)17)3-4-9(7)20-11-10(15(18)19)13-6-14(11)2/h3-6H,1-2H3,(H,16,17). The lowest BCUT2D eigenvalue weighted by molar-refractivity contribution is -0.390. The van der Waals surface area contributed by atoms with Crippen molar-refractivity contribution >= 4 is 11.8 Å². The molecular weight excluding hydrogens is 266 g/mol. The fourth-order valence-corrected chi connectivity index (χ4v) is 1.65. The normalized spacial score (nSPS) is 10.3. The number of rotatable bonds is 4. The quantitative estimate of drug-likeness (QED) is 0.677. The van der Waals surface area contributed by atoms with Crippen LogP contribution in [0.4, 0.5) is 5.82 Å². The molecule has 0 aliphatic rings. The maximum absolute atomic E-state index is 10.8. The number of carboxylic acids is 1. The van der Waals surface area contributed by atoms with Gasteiger partial charge >= 0.3 is 17.7 Å². The first-order valence-electron chi connectivity index (χ1n) is 5.57. The van der Waals surface area contributed by atoms with Gasteiger partial charge in [-0.1, -0.05) is 0 Å². The molecule has 0 bridgehead atoms. The lowest BCUT2D eigenvalue weighted by Gasteiger charge is -2.08. The topological polar surface area (TPSA) is 107 Å². The number of benzene rings is 1. The molecule has 0 radical (unpaired) electrons. The zero-order chi connectivity index (χ0) is 14.9. The third-order valence-electron chi connectivity index (χ3n) is 2.67. The molecule has 1 heterocycles. The van der Waals surface area contributed by atoms with Gasteiger partial charge in [-0.05, 0) is 40.6 Å². The minimum absolute atomic E-state index is 0.0128. The molecule has 0 spiro atoms. The second kappa shape index (κ2) is 5.00. The number of aromatic carboxylic acids is 1. The Morgan fingerprint density at radius 2 is 2.20 bits per heavy atom. The molecule has 8 heteroatoms. The van der Waals surface area contributed by atoms with Crippen molar-refractivity contribution in [3.8, 4) is 11.6 Å². The number of carboxylic acid groups (broad SMARTS) is 1. The Labute approximate surface area is 113 Å². The van der Waals surface area contributed by atoms with Crippen LogP contribution < -0.4 is 4.74 Å². The number of hydrogen-bond acceptors (Lipinski definition) is 5. The second-order valence-corrected chi connectivity index (χ2v) is 4.13. The van der Waals surface area contributed by atoms with Crippen molar-refractivity contribution in [1.82, 2.24) is 9.55 Å². The number of nitro groups is 1. The number of imidazole rings is 1. The molecule has 1 aromatic carbocycles. The van der Waals surface area contributed by atoms with Crippen molar-refractivity contribution in [3.63, 3.8) is 0 Å². The van der Waals surface area contributed by atoms with E-state index >= 15 is 0 Å². The van der Waals surface area contributed by atoms with Crippen LogP contribution in [0, 0.1) is 17.0 Å². The van der Waals surface area contributed by atoms with Crippen LogP contribution in [0.5, 0.6) is 11.6 Å². The van der Waals surface area contributed by atoms with Crippen LogP contribution in [0.25, 0.3) is 0 Å². The van der Waals surface area contributed by atoms with Crippen molar-refractivity contribution < 1.29 is 19.6 Å². The number of aromatic nitrogens is 2. The molecule has 0 atom stereocenters. The predicted octanol–water partition coefficient (Wildman–Crippen LogP) is 2.13. The Morgan fingerprint density at radius 3 is 2.75 bits per heavy atom. The highest BCUT2D eigenvalue weighted by atomic mass is 16.6. The summed E-state index contributed by atoms with van der Waals surface area (Å²) in [5.74, 6) is -1.12. The minimum Gasteiger partial charge on any atom is -0.478 e. The average molecular weight is 277 g/mol. The molecule has 0 unspecified atom stereocenters. The molecule has 2 aromatic rings. The molecule has 0 amide bonds. The summed E-state index contributed by atoms with van der Waals surface area (Å²) >= 11 is 0. The smallest absolute Gasteiger partial charge is 0.427 e. The number of ether oxygens (including phenoxy) is 1. The van der Waals surface area contributed by atoms with Gasteiger partial charge in [0.2, 0.25) is 6.33 Å². The van der Waals surface area contributed by atoms with E-state index in [2.05, 4.69) is 4.98 Å². The van der Waals surface area contributed by atoms with Gasteiger partial charge in [0, 0.05) is 7.05 Å². The van der Waals surface area contributed by atoms with Crippen LogP contribution in [0.15, 0.2) is 24.5 Å². The summed E-state index contributed by atoms with van der Waals surface area (Å²) in [5.41, 5.74) is 0.676. The molecule has 2 rings (SSSR count). The summed E-state index contributed by atoms with van der Waals surface area (Å²) < 4.78 is 6.85. The van der Waals surface area contributed by atoms with Gasteiger partial charge in [-0.25, -0.2) is 4.79 Å². The lowest BCUT2D eigenvalue weighted by Crippen LogP contribution is -2.00. The summed E-state index contributed by atoms with van der Waals surface area (Å²) in [6, 6.07) is 4.25. The van der Waals surface area contributed by atoms with Gasteiger partial charge in [0.1, 0.15) is 5.75 Å². The molecule has 0 saturated carbocycles. The molecular formula is C12H11N3O5. The largest absolute Gasteiger partial charge is 0.478 e. The Morgan fingerprint density at radius 1 is 1.50 bits per heavy atom. The summed E-state index contributed by atoms with van der Waals surface area (Å²) in [4.78, 5) is 24.6. The zero-order valence-corrected chi connectivity index (χ0v) is 10.7. The van der Waals surface area contributed by atoms with Gasteiger partial charge in [-0.2, -0.15) is 0 Å². The van der Waals surface area contributed by atoms with Crippen molar-refractivity contribution in [1.29, 1.82) is 0 Å². The molecule has 104 valence electrons. The van der Waals surface area contributed by atoms with E-state index < -0.39 is 16.7 Å². The molecule has 1 aromatic heterocycles. The molecule has 20 heavy (non-hydrogen) atoms. The lowest BCUT2D eigenvalue weighted by atomic mass is 10.1. The molecule has 1 N–H and O–H groups in total. The summed E-state index contributed by atoms with van der Waals surface area (Å²) in [5, 5.41) is 19.7. The van der Waals surface area contributed by atoms with E-state index in [-0.39, 0.29) is 11.4 Å². The van der Waals surface area contributed by atoms with Gasteiger partial charge in [-0.3, -0.25) is 4.57 Å². The summed E-state index contributed by atoms with van der Waals surface area (Å²) in [6.07, 6.45) is 1.27. The second-order valence-electron chi connectivity index (χ2n) is 4.13. The van der Waals surface area contributed by atoms with Gasteiger partial charge < -0.3 is 20.0 Å². The Hall–Kier alpha value is -2.90. The average Bonchev–Trinajstić information content (AvgIpc) is 2.73. The molecule has 0 aliphatic carbocycles. The van der Waals surface area contributed by atoms with Crippen molar-refractivity contribution in [3.05, 3.63) is 45.8 Å². The van der Waals surface area contributed by atoms with Crippen molar-refractivity contribution in [2.45, 2.75) is 6.92 Å². The third kappa shape index (κ3) is 2.44. The van der Waals surface area contributed by atoms with Crippen molar-refractivity contribution in [2.24, 2.45) is 7.05 Å². The fraction of sp³-hybridized carbons (Fsp3) is 0.167. The van der Waals surface area contributed by atoms with E-state index in [0.717, 1.165) is 0 Å².